The van der Waals surface area contributed by atoms with E-state index in [1.54, 1.807) is 6.33 Å². The van der Waals surface area contributed by atoms with Gasteiger partial charge in [0.2, 0.25) is 0 Å². The molecule has 6 nitrogen and oxygen atoms in total. The smallest absolute Gasteiger partial charge is 0.148 e. The Hall–Kier alpha value is -1.69. The molecule has 6 heteroatoms. The minimum Gasteiger partial charge on any atom is -0.314 e. The van der Waals surface area contributed by atoms with Crippen LogP contribution in [0.15, 0.2) is 18.6 Å². The second-order valence-corrected chi connectivity index (χ2v) is 4.23. The molecule has 0 saturated carbocycles. The maximum atomic E-state index is 4.31. The second kappa shape index (κ2) is 5.09. The first-order valence-corrected chi connectivity index (χ1v) is 5.76. The van der Waals surface area contributed by atoms with Gasteiger partial charge in [-0.05, 0) is 27.0 Å². The molecule has 0 aliphatic carbocycles. The van der Waals surface area contributed by atoms with Crippen LogP contribution in [0.2, 0.25) is 0 Å². The van der Waals surface area contributed by atoms with Crippen LogP contribution in [-0.2, 0) is 13.1 Å². The third-order valence-corrected chi connectivity index (χ3v) is 2.59. The zero-order valence-corrected chi connectivity index (χ0v) is 10.5. The lowest BCUT2D eigenvalue weighted by molar-refractivity contribution is 0.482. The number of nitrogens with zero attached hydrogens (tertiary/aromatic N) is 5. The van der Waals surface area contributed by atoms with Crippen molar-refractivity contribution in [2.45, 2.75) is 33.0 Å². The highest BCUT2D eigenvalue weighted by Crippen LogP contribution is 2.08. The van der Waals surface area contributed by atoms with Crippen LogP contribution in [-0.4, -0.2) is 31.6 Å². The maximum absolute atomic E-state index is 4.31. The van der Waals surface area contributed by atoms with Crippen LogP contribution in [0.25, 0.3) is 0 Å². The van der Waals surface area contributed by atoms with Crippen molar-refractivity contribution in [3.05, 3.63) is 30.1 Å². The van der Waals surface area contributed by atoms with Crippen LogP contribution in [0.1, 0.15) is 31.4 Å². The Morgan fingerprint density at radius 2 is 2.18 bits per heavy atom. The minimum absolute atomic E-state index is 0.316. The molecule has 0 unspecified atom stereocenters. The number of nitrogens with one attached hydrogen (secondary N) is 1. The molecule has 0 atom stereocenters. The van der Waals surface area contributed by atoms with Gasteiger partial charge in [-0.15, -0.1) is 0 Å². The summed E-state index contributed by atoms with van der Waals surface area (Å²) < 4.78 is 3.87. The Balaban J connectivity index is 2.19. The van der Waals surface area contributed by atoms with Gasteiger partial charge < -0.3 is 5.32 Å². The molecule has 0 aromatic carbocycles. The van der Waals surface area contributed by atoms with E-state index >= 15 is 0 Å². The molecular weight excluding hydrogens is 216 g/mol. The van der Waals surface area contributed by atoms with Crippen molar-refractivity contribution in [3.63, 3.8) is 0 Å². The van der Waals surface area contributed by atoms with Crippen molar-refractivity contribution in [1.29, 1.82) is 0 Å². The summed E-state index contributed by atoms with van der Waals surface area (Å²) in [6.45, 7) is 5.64. The first-order valence-electron chi connectivity index (χ1n) is 5.76. The van der Waals surface area contributed by atoms with Crippen molar-refractivity contribution in [2.75, 3.05) is 7.05 Å². The molecule has 2 aromatic rings. The van der Waals surface area contributed by atoms with Gasteiger partial charge >= 0.3 is 0 Å². The van der Waals surface area contributed by atoms with E-state index in [0.29, 0.717) is 12.6 Å². The van der Waals surface area contributed by atoms with Gasteiger partial charge in [-0.2, -0.15) is 10.2 Å². The molecule has 0 saturated heterocycles. The van der Waals surface area contributed by atoms with Crippen LogP contribution in [0.4, 0.5) is 0 Å². The average molecular weight is 234 g/mol. The molecule has 2 aromatic heterocycles. The van der Waals surface area contributed by atoms with Crippen LogP contribution in [0.3, 0.4) is 0 Å². The number of aromatic nitrogens is 5. The lowest BCUT2D eigenvalue weighted by Crippen LogP contribution is -2.16. The Labute approximate surface area is 101 Å². The molecule has 0 radical (unpaired) electrons. The van der Waals surface area contributed by atoms with Crippen LogP contribution in [0.5, 0.6) is 0 Å². The summed E-state index contributed by atoms with van der Waals surface area (Å²) in [6.07, 6.45) is 3.40. The van der Waals surface area contributed by atoms with Gasteiger partial charge in [0.1, 0.15) is 18.7 Å². The van der Waals surface area contributed by atoms with Crippen LogP contribution < -0.4 is 5.32 Å². The Bertz CT molecular complexity index is 470. The number of rotatable bonds is 5. The van der Waals surface area contributed by atoms with Gasteiger partial charge in [0.15, 0.2) is 0 Å². The Kier molecular flexibility index (Phi) is 3.53. The van der Waals surface area contributed by atoms with Crippen molar-refractivity contribution in [3.8, 4) is 0 Å². The van der Waals surface area contributed by atoms with Gasteiger partial charge in [-0.3, -0.25) is 4.68 Å². The van der Waals surface area contributed by atoms with Crippen LogP contribution in [0, 0.1) is 0 Å². The van der Waals surface area contributed by atoms with Crippen molar-refractivity contribution in [2.24, 2.45) is 0 Å². The third-order valence-electron chi connectivity index (χ3n) is 2.59. The molecule has 0 amide bonds. The highest BCUT2D eigenvalue weighted by atomic mass is 15.4. The first-order chi connectivity index (χ1) is 8.22. The van der Waals surface area contributed by atoms with Crippen LogP contribution >= 0.6 is 0 Å². The quantitative estimate of drug-likeness (QED) is 0.832. The lowest BCUT2D eigenvalue weighted by atomic mass is 10.4. The van der Waals surface area contributed by atoms with E-state index in [4.69, 9.17) is 0 Å². The molecule has 2 heterocycles. The summed E-state index contributed by atoms with van der Waals surface area (Å²) in [5.74, 6) is 0.932. The van der Waals surface area contributed by atoms with Gasteiger partial charge in [-0.1, -0.05) is 0 Å². The largest absolute Gasteiger partial charge is 0.314 e. The zero-order chi connectivity index (χ0) is 12.3. The van der Waals surface area contributed by atoms with Gasteiger partial charge in [0.25, 0.3) is 0 Å². The maximum Gasteiger partial charge on any atom is 0.148 e. The van der Waals surface area contributed by atoms with E-state index in [2.05, 4.69) is 34.3 Å². The van der Waals surface area contributed by atoms with E-state index < -0.39 is 0 Å². The molecule has 0 aliphatic heterocycles. The predicted octanol–water partition coefficient (Wildman–Crippen LogP) is 0.823. The normalized spacial score (nSPS) is 11.3. The van der Waals surface area contributed by atoms with Gasteiger partial charge in [-0.25, -0.2) is 9.67 Å². The monoisotopic (exact) mass is 234 g/mol. The number of hydrogen-bond acceptors (Lipinski definition) is 4. The van der Waals surface area contributed by atoms with Gasteiger partial charge in [0, 0.05) is 18.8 Å². The van der Waals surface area contributed by atoms with E-state index in [1.807, 2.05) is 28.7 Å². The highest BCUT2D eigenvalue weighted by Gasteiger charge is 2.10. The lowest BCUT2D eigenvalue weighted by Gasteiger charge is -2.11. The Morgan fingerprint density at radius 3 is 2.88 bits per heavy atom. The molecule has 0 fully saturated rings. The summed E-state index contributed by atoms with van der Waals surface area (Å²) in [4.78, 5) is 4.28. The summed E-state index contributed by atoms with van der Waals surface area (Å²) in [7, 11) is 1.92. The summed E-state index contributed by atoms with van der Waals surface area (Å²) in [5, 5.41) is 11.7. The molecule has 1 N–H and O–H groups in total. The van der Waals surface area contributed by atoms with Crippen molar-refractivity contribution < 1.29 is 0 Å². The molecule has 0 bridgehead atoms. The topological polar surface area (TPSA) is 60.6 Å². The highest BCUT2D eigenvalue weighted by molar-refractivity contribution is 5.02. The second-order valence-electron chi connectivity index (χ2n) is 4.23. The SMILES string of the molecule is CNCc1ccnn1Cc1ncnn1C(C)C. The van der Waals surface area contributed by atoms with Gasteiger partial charge in [0.05, 0.1) is 5.69 Å². The molecule has 2 rings (SSSR count). The fraction of sp³-hybridized carbons (Fsp3) is 0.545. The Morgan fingerprint density at radius 1 is 1.35 bits per heavy atom. The zero-order valence-electron chi connectivity index (χ0n) is 10.5. The summed E-state index contributed by atoms with van der Waals surface area (Å²) in [6, 6.07) is 2.32. The molecule has 92 valence electrons. The summed E-state index contributed by atoms with van der Waals surface area (Å²) >= 11 is 0. The minimum atomic E-state index is 0.316. The average Bonchev–Trinajstić information content (AvgIpc) is 2.89. The van der Waals surface area contributed by atoms with E-state index in [9.17, 15) is 0 Å². The van der Waals surface area contributed by atoms with E-state index in [1.165, 1.54) is 0 Å². The molecular formula is C11H18N6. The fourth-order valence-corrected chi connectivity index (χ4v) is 1.79. The van der Waals surface area contributed by atoms with Crippen molar-refractivity contribution >= 4 is 0 Å². The molecule has 17 heavy (non-hydrogen) atoms. The summed E-state index contributed by atoms with van der Waals surface area (Å²) in [5.41, 5.74) is 1.14. The first kappa shape index (κ1) is 11.8. The fourth-order valence-electron chi connectivity index (χ4n) is 1.79. The standard InChI is InChI=1S/C11H18N6/c1-9(2)17-11(13-8-15-17)7-16-10(6-12-3)4-5-14-16/h4-5,8-9,12H,6-7H2,1-3H3. The number of hydrogen-bond donors (Lipinski definition) is 1. The predicted molar refractivity (Wildman–Crippen MR) is 64.5 cm³/mol. The third kappa shape index (κ3) is 2.52. The van der Waals surface area contributed by atoms with E-state index in [-0.39, 0.29) is 0 Å². The van der Waals surface area contributed by atoms with E-state index in [0.717, 1.165) is 18.1 Å². The molecule has 0 aliphatic rings. The van der Waals surface area contributed by atoms with Crippen molar-refractivity contribution in [1.82, 2.24) is 29.9 Å². The molecule has 0 spiro atoms.